The third-order valence-electron chi connectivity index (χ3n) is 12.6. The predicted molar refractivity (Wildman–Crippen MR) is 295 cm³/mol. The van der Waals surface area contributed by atoms with Crippen LogP contribution in [0.25, 0.3) is 33.4 Å². The topological polar surface area (TPSA) is 359 Å². The third-order valence-corrected chi connectivity index (χ3v) is 15.1. The number of nitro groups is 2. The van der Waals surface area contributed by atoms with Crippen LogP contribution >= 0.6 is 23.5 Å². The van der Waals surface area contributed by atoms with E-state index in [2.05, 4.69) is 21.3 Å². The lowest BCUT2D eigenvalue weighted by molar-refractivity contribution is -0.393. The van der Waals surface area contributed by atoms with E-state index in [0.29, 0.717) is 93.2 Å². The van der Waals surface area contributed by atoms with Crippen LogP contribution in [0.5, 0.6) is 5.75 Å². The van der Waals surface area contributed by atoms with E-state index in [1.807, 2.05) is 0 Å². The van der Waals surface area contributed by atoms with Crippen molar-refractivity contribution in [3.8, 4) is 28.2 Å². The molecule has 4 aromatic carbocycles. The van der Waals surface area contributed by atoms with Gasteiger partial charge >= 0.3 is 11.9 Å². The number of benzene rings is 5. The summed E-state index contributed by atoms with van der Waals surface area (Å²) in [5.41, 5.74) is 0.451. The molecule has 3 heterocycles. The first-order chi connectivity index (χ1) is 39.0. The number of fused-ring (bicyclic) bond motifs is 3. The molecule has 4 aliphatic rings. The van der Waals surface area contributed by atoms with Crippen molar-refractivity contribution in [1.82, 2.24) is 20.9 Å². The Labute approximate surface area is 467 Å². The zero-order valence-corrected chi connectivity index (χ0v) is 44.3. The van der Waals surface area contributed by atoms with Gasteiger partial charge in [0.2, 0.25) is 5.91 Å². The number of nitrogens with one attached hydrogen (secondary N) is 4. The van der Waals surface area contributed by atoms with Crippen LogP contribution in [-0.2, 0) is 28.6 Å². The van der Waals surface area contributed by atoms with E-state index in [1.165, 1.54) is 90.3 Å². The molecule has 8 rings (SSSR count). The van der Waals surface area contributed by atoms with E-state index in [9.17, 15) is 69.1 Å². The molecule has 0 unspecified atom stereocenters. The molecule has 1 saturated heterocycles. The van der Waals surface area contributed by atoms with Gasteiger partial charge in [-0.05, 0) is 96.8 Å². The molecule has 2 atom stereocenters. The van der Waals surface area contributed by atoms with Gasteiger partial charge in [-0.1, -0.05) is 0 Å². The maximum Gasteiger partial charge on any atom is 0.352 e. The Balaban J connectivity index is 0.726. The Morgan fingerprint density at radius 1 is 0.741 bits per heavy atom. The minimum Gasteiger partial charge on any atom is -0.508 e. The van der Waals surface area contributed by atoms with Crippen molar-refractivity contribution in [2.75, 3.05) is 76.1 Å². The normalized spacial score (nSPS) is 14.7. The van der Waals surface area contributed by atoms with Crippen LogP contribution in [0.4, 0.5) is 17.1 Å². The van der Waals surface area contributed by atoms with E-state index in [0.717, 1.165) is 15.9 Å². The first-order valence-electron chi connectivity index (χ1n) is 24.9. The molecule has 0 aromatic heterocycles. The molecule has 4 amide bonds. The fraction of sp³-hybridized carbons (Fsp3) is 0.278. The lowest BCUT2D eigenvalue weighted by Gasteiger charge is -2.49. The number of aromatic carboxylic acids is 1. The number of anilines is 1. The largest absolute Gasteiger partial charge is 0.508 e. The van der Waals surface area contributed by atoms with Crippen LogP contribution in [0.1, 0.15) is 43.9 Å². The SMILES string of the molecule is O=C(CNC(=O)c1ccc(C(=O)O)c(-c2c3ccc(=O)cc-3oc3cc(O)ccc23)c1)N[C@@H]1C(=O)N2C(C(=O)O)=C(CSc3ccc(C(=O)NCCCOCCOCCOCCCNc4ccc([N+](=O)[O-])cc4[N+](=O)[O-])cc3)CS[C@H]12. The summed E-state index contributed by atoms with van der Waals surface area (Å²) in [6, 6.07) is 21.0. The highest BCUT2D eigenvalue weighted by atomic mass is 32.2. The zero-order chi connectivity index (χ0) is 57.7. The fourth-order valence-corrected chi connectivity index (χ4v) is 11.1. The van der Waals surface area contributed by atoms with Gasteiger partial charge in [0.15, 0.2) is 5.43 Å². The maximum absolute atomic E-state index is 13.5. The molecule has 0 bridgehead atoms. The Morgan fingerprint density at radius 3 is 2.12 bits per heavy atom. The lowest BCUT2D eigenvalue weighted by atomic mass is 9.89. The number of thioether (sulfide) groups is 2. The molecule has 81 heavy (non-hydrogen) atoms. The monoisotopic (exact) mass is 1150 g/mol. The van der Waals surface area contributed by atoms with Crippen LogP contribution in [0.15, 0.2) is 122 Å². The number of phenols is 1. The number of phenolic OH excluding ortho intramolecular Hbond substituents is 1. The molecule has 1 fully saturated rings. The quantitative estimate of drug-likeness (QED) is 0.00771. The number of carboxylic acid groups (broad SMARTS) is 2. The summed E-state index contributed by atoms with van der Waals surface area (Å²) in [7, 11) is 0. The number of carboxylic acids is 2. The Hall–Kier alpha value is -8.89. The summed E-state index contributed by atoms with van der Waals surface area (Å²) in [6.45, 7) is 2.18. The highest BCUT2D eigenvalue weighted by Crippen LogP contribution is 2.44. The van der Waals surface area contributed by atoms with Crippen molar-refractivity contribution in [2.24, 2.45) is 0 Å². The highest BCUT2D eigenvalue weighted by Gasteiger charge is 2.54. The smallest absolute Gasteiger partial charge is 0.352 e. The van der Waals surface area contributed by atoms with Crippen LogP contribution in [0.3, 0.4) is 0 Å². The number of non-ortho nitro benzene ring substituents is 1. The summed E-state index contributed by atoms with van der Waals surface area (Å²) >= 11 is 2.59. The highest BCUT2D eigenvalue weighted by molar-refractivity contribution is 8.01. The van der Waals surface area contributed by atoms with Crippen molar-refractivity contribution in [3.63, 3.8) is 0 Å². The maximum atomic E-state index is 13.5. The number of carbonyl (C=O) groups is 6. The zero-order valence-electron chi connectivity index (χ0n) is 42.7. The molecular formula is C54H51N7O18S2. The molecule has 3 aliphatic heterocycles. The Morgan fingerprint density at radius 2 is 1.43 bits per heavy atom. The minimum absolute atomic E-state index is 0.0246. The van der Waals surface area contributed by atoms with E-state index in [1.54, 1.807) is 24.3 Å². The van der Waals surface area contributed by atoms with Crippen molar-refractivity contribution < 1.29 is 72.6 Å². The van der Waals surface area contributed by atoms with Gasteiger partial charge in [0, 0.05) is 88.5 Å². The number of aliphatic carboxylic acids is 1. The second-order valence-electron chi connectivity index (χ2n) is 18.0. The molecular weight excluding hydrogens is 1100 g/mol. The van der Waals surface area contributed by atoms with Gasteiger partial charge in [-0.25, -0.2) is 9.59 Å². The van der Waals surface area contributed by atoms with E-state index in [-0.39, 0.29) is 79.4 Å². The molecule has 27 heteroatoms. The van der Waals surface area contributed by atoms with Gasteiger partial charge in [0.25, 0.3) is 29.1 Å². The molecule has 4 aromatic rings. The number of β-lactam (4-membered cyclic amide) rings is 1. The van der Waals surface area contributed by atoms with E-state index in [4.69, 9.17) is 18.6 Å². The van der Waals surface area contributed by atoms with Gasteiger partial charge in [-0.15, -0.1) is 23.5 Å². The first-order valence-corrected chi connectivity index (χ1v) is 27.0. The number of rotatable bonds is 28. The number of carbonyl (C=O) groups excluding carboxylic acids is 4. The van der Waals surface area contributed by atoms with Crippen LogP contribution in [0.2, 0.25) is 0 Å². The van der Waals surface area contributed by atoms with Gasteiger partial charge in [0.05, 0.1) is 54.4 Å². The van der Waals surface area contributed by atoms with E-state index < -0.39 is 57.5 Å². The average molecular weight is 1150 g/mol. The molecule has 0 radical (unpaired) electrons. The summed E-state index contributed by atoms with van der Waals surface area (Å²) in [5, 5.41) is 63.2. The predicted octanol–water partition coefficient (Wildman–Crippen LogP) is 5.72. The summed E-state index contributed by atoms with van der Waals surface area (Å²) in [5.74, 6) is -4.65. The molecule has 0 spiro atoms. The number of nitro benzene ring substituents is 2. The fourth-order valence-electron chi connectivity index (χ4n) is 8.73. The lowest BCUT2D eigenvalue weighted by Crippen LogP contribution is -2.71. The number of ether oxygens (including phenoxy) is 3. The Bertz CT molecular complexity index is 3480. The summed E-state index contributed by atoms with van der Waals surface area (Å²) < 4.78 is 22.4. The van der Waals surface area contributed by atoms with Crippen LogP contribution in [-0.4, -0.2) is 148 Å². The molecule has 25 nitrogen and oxygen atoms in total. The third kappa shape index (κ3) is 14.3. The van der Waals surface area contributed by atoms with Gasteiger partial charge in [-0.3, -0.25) is 49.1 Å². The number of amides is 4. The van der Waals surface area contributed by atoms with Crippen LogP contribution in [0, 0.1) is 20.2 Å². The van der Waals surface area contributed by atoms with Crippen molar-refractivity contribution >= 4 is 87.1 Å². The van der Waals surface area contributed by atoms with E-state index >= 15 is 0 Å². The number of hydrogen-bond donors (Lipinski definition) is 7. The van der Waals surface area contributed by atoms with Gasteiger partial charge in [-0.2, -0.15) is 0 Å². The number of nitrogens with zero attached hydrogens (tertiary/aromatic N) is 3. The van der Waals surface area contributed by atoms with Crippen molar-refractivity contribution in [2.45, 2.75) is 29.2 Å². The number of aromatic hydroxyl groups is 1. The second-order valence-corrected chi connectivity index (χ2v) is 20.2. The molecule has 422 valence electrons. The van der Waals surface area contributed by atoms with Crippen molar-refractivity contribution in [3.05, 3.63) is 155 Å². The van der Waals surface area contributed by atoms with Crippen LogP contribution < -0.4 is 26.7 Å². The first kappa shape index (κ1) is 58.3. The molecule has 0 saturated carbocycles. The minimum atomic E-state index is -1.32. The molecule has 1 aliphatic carbocycles. The standard InChI is InChI=1S/C54H51N7O18S2/c62-34-7-12-38-43(25-34)79-44-26-35(63)8-13-39(44)46(38)40-23-31(5-11-37(40)53(68)69)50(66)57-27-45(64)58-47-51(67)59-48(54(70)71)32(29-81-52(47)59)28-80-36-9-3-30(4-10-36)49(65)56-16-2-18-77-20-22-78-21-19-76-17-1-15-55-41-14-6-33(60(72)73)24-42(41)61(74)75/h3-14,23-26,47,52,55,62H,1-2,15-22,27-29H2,(H,56,65)(H,57,66)(H,58,64)(H,68,69)(H,70,71)/t47-,52-/m1/s1. The summed E-state index contributed by atoms with van der Waals surface area (Å²) in [4.78, 5) is 113. The van der Waals surface area contributed by atoms with Gasteiger partial charge < -0.3 is 55.2 Å². The summed E-state index contributed by atoms with van der Waals surface area (Å²) in [6.07, 6.45) is 1.08. The molecule has 7 N–H and O–H groups in total. The Kier molecular flexibility index (Phi) is 19.3. The van der Waals surface area contributed by atoms with Gasteiger partial charge in [0.1, 0.15) is 39.9 Å². The second kappa shape index (κ2) is 26.8. The number of hydrogen-bond acceptors (Lipinski definition) is 19. The van der Waals surface area contributed by atoms with Crippen molar-refractivity contribution in [1.29, 1.82) is 0 Å². The average Bonchev–Trinajstić information content (AvgIpc) is 3.12.